The highest BCUT2D eigenvalue weighted by Gasteiger charge is 2.37. The van der Waals surface area contributed by atoms with E-state index in [-0.39, 0.29) is 23.6 Å². The Morgan fingerprint density at radius 1 is 1.14 bits per heavy atom. The molecular weight excluding hydrogens is 378 g/mol. The number of fused-ring (bicyclic) bond motifs is 1. The molecule has 2 saturated heterocycles. The number of rotatable bonds is 4. The van der Waals surface area contributed by atoms with Crippen molar-refractivity contribution in [1.82, 2.24) is 19.5 Å². The van der Waals surface area contributed by atoms with Crippen LogP contribution in [0.5, 0.6) is 0 Å². The average molecular weight is 406 g/mol. The molecule has 4 heterocycles. The predicted molar refractivity (Wildman–Crippen MR) is 107 cm³/mol. The summed E-state index contributed by atoms with van der Waals surface area (Å²) in [5.74, 6) is 1.16. The fourth-order valence-corrected chi connectivity index (χ4v) is 5.61. The molecule has 0 spiro atoms. The molecule has 152 valence electrons. The van der Waals surface area contributed by atoms with Crippen LogP contribution in [0.2, 0.25) is 0 Å². The SMILES string of the molecule is Cc1cc(N2CCC(N3CC(CS(C)(=O)=O)CC3=O)CC2)n2nc(C)cc2n1. The topological polar surface area (TPSA) is 87.9 Å². The molecule has 0 N–H and O–H groups in total. The largest absolute Gasteiger partial charge is 0.356 e. The van der Waals surface area contributed by atoms with Gasteiger partial charge in [0.05, 0.1) is 11.4 Å². The Morgan fingerprint density at radius 2 is 1.86 bits per heavy atom. The first-order valence-electron chi connectivity index (χ1n) is 9.76. The highest BCUT2D eigenvalue weighted by molar-refractivity contribution is 7.90. The maximum Gasteiger partial charge on any atom is 0.223 e. The van der Waals surface area contributed by atoms with Crippen molar-refractivity contribution in [2.75, 3.05) is 36.5 Å². The number of piperidine rings is 1. The molecule has 1 amide bonds. The van der Waals surface area contributed by atoms with Crippen LogP contribution in [-0.2, 0) is 14.6 Å². The zero-order valence-electron chi connectivity index (χ0n) is 16.6. The van der Waals surface area contributed by atoms with Gasteiger partial charge in [0.15, 0.2) is 5.65 Å². The maximum absolute atomic E-state index is 12.4. The quantitative estimate of drug-likeness (QED) is 0.760. The fraction of sp³-hybridized carbons (Fsp3) is 0.632. The van der Waals surface area contributed by atoms with Crippen LogP contribution in [-0.4, -0.2) is 71.5 Å². The Labute approximate surface area is 165 Å². The number of aryl methyl sites for hydroxylation is 2. The van der Waals surface area contributed by atoms with Crippen molar-refractivity contribution < 1.29 is 13.2 Å². The van der Waals surface area contributed by atoms with Crippen LogP contribution in [0.3, 0.4) is 0 Å². The second-order valence-electron chi connectivity index (χ2n) is 8.24. The normalized spacial score (nSPS) is 21.8. The molecule has 0 bridgehead atoms. The molecule has 2 aromatic rings. The molecule has 8 nitrogen and oxygen atoms in total. The Kier molecular flexibility index (Phi) is 4.81. The highest BCUT2D eigenvalue weighted by atomic mass is 32.2. The Hall–Kier alpha value is -2.16. The van der Waals surface area contributed by atoms with Crippen molar-refractivity contribution >= 4 is 27.2 Å². The second kappa shape index (κ2) is 7.02. The van der Waals surface area contributed by atoms with Crippen molar-refractivity contribution in [3.63, 3.8) is 0 Å². The van der Waals surface area contributed by atoms with Gasteiger partial charge >= 0.3 is 0 Å². The summed E-state index contributed by atoms with van der Waals surface area (Å²) in [5, 5.41) is 4.57. The third-order valence-electron chi connectivity index (χ3n) is 5.66. The molecule has 0 radical (unpaired) electrons. The van der Waals surface area contributed by atoms with Gasteiger partial charge in [0.2, 0.25) is 5.91 Å². The number of carbonyl (C=O) groups is 1. The van der Waals surface area contributed by atoms with E-state index in [4.69, 9.17) is 0 Å². The monoisotopic (exact) mass is 405 g/mol. The zero-order valence-corrected chi connectivity index (χ0v) is 17.4. The molecular formula is C19H27N5O3S. The van der Waals surface area contributed by atoms with Gasteiger partial charge in [0, 0.05) is 56.2 Å². The van der Waals surface area contributed by atoms with E-state index in [1.807, 2.05) is 29.3 Å². The molecule has 4 rings (SSSR count). The first-order chi connectivity index (χ1) is 13.2. The highest BCUT2D eigenvalue weighted by Crippen LogP contribution is 2.28. The zero-order chi connectivity index (χ0) is 20.1. The van der Waals surface area contributed by atoms with Crippen LogP contribution < -0.4 is 4.90 Å². The number of hydrogen-bond donors (Lipinski definition) is 0. The molecule has 2 aliphatic rings. The lowest BCUT2D eigenvalue weighted by molar-refractivity contribution is -0.130. The molecule has 0 aromatic carbocycles. The lowest BCUT2D eigenvalue weighted by Gasteiger charge is -2.38. The predicted octanol–water partition coefficient (Wildman–Crippen LogP) is 1.21. The van der Waals surface area contributed by atoms with Crippen LogP contribution >= 0.6 is 0 Å². The molecule has 28 heavy (non-hydrogen) atoms. The summed E-state index contributed by atoms with van der Waals surface area (Å²) in [5.41, 5.74) is 2.75. The van der Waals surface area contributed by atoms with E-state index in [9.17, 15) is 13.2 Å². The van der Waals surface area contributed by atoms with Crippen LogP contribution in [0.25, 0.3) is 5.65 Å². The van der Waals surface area contributed by atoms with E-state index in [1.54, 1.807) is 0 Å². The van der Waals surface area contributed by atoms with Crippen LogP contribution in [0.4, 0.5) is 5.82 Å². The van der Waals surface area contributed by atoms with Crippen molar-refractivity contribution in [3.8, 4) is 0 Å². The number of anilines is 1. The van der Waals surface area contributed by atoms with E-state index in [1.165, 1.54) is 6.26 Å². The van der Waals surface area contributed by atoms with Gasteiger partial charge in [-0.1, -0.05) is 0 Å². The van der Waals surface area contributed by atoms with Crippen LogP contribution in [0.15, 0.2) is 12.1 Å². The third-order valence-corrected chi connectivity index (χ3v) is 6.74. The van der Waals surface area contributed by atoms with Gasteiger partial charge in [0.25, 0.3) is 0 Å². The number of hydrogen-bond acceptors (Lipinski definition) is 6. The Bertz CT molecular complexity index is 1010. The summed E-state index contributed by atoms with van der Waals surface area (Å²) in [4.78, 5) is 21.2. The average Bonchev–Trinajstić information content (AvgIpc) is 3.14. The number of amides is 1. The second-order valence-corrected chi connectivity index (χ2v) is 10.4. The van der Waals surface area contributed by atoms with Crippen LogP contribution in [0.1, 0.15) is 30.7 Å². The van der Waals surface area contributed by atoms with Gasteiger partial charge in [-0.25, -0.2) is 13.4 Å². The summed E-state index contributed by atoms with van der Waals surface area (Å²) in [6, 6.07) is 4.22. The first-order valence-corrected chi connectivity index (χ1v) is 11.8. The minimum absolute atomic E-state index is 0.0740. The third kappa shape index (κ3) is 3.85. The lowest BCUT2D eigenvalue weighted by atomic mass is 10.0. The van der Waals surface area contributed by atoms with Gasteiger partial charge in [-0.15, -0.1) is 0 Å². The number of likely N-dealkylation sites (tertiary alicyclic amines) is 1. The molecule has 2 fully saturated rings. The summed E-state index contributed by atoms with van der Waals surface area (Å²) in [6.45, 7) is 6.19. The van der Waals surface area contributed by atoms with Crippen molar-refractivity contribution in [1.29, 1.82) is 0 Å². The summed E-state index contributed by atoms with van der Waals surface area (Å²) in [6.07, 6.45) is 3.35. The van der Waals surface area contributed by atoms with Gasteiger partial charge < -0.3 is 9.80 Å². The van der Waals surface area contributed by atoms with E-state index in [0.717, 1.165) is 48.8 Å². The molecule has 0 saturated carbocycles. The van der Waals surface area contributed by atoms with Crippen molar-refractivity contribution in [2.24, 2.45) is 5.92 Å². The molecule has 2 aromatic heterocycles. The van der Waals surface area contributed by atoms with E-state index in [2.05, 4.69) is 21.0 Å². The Balaban J connectivity index is 1.45. The summed E-state index contributed by atoms with van der Waals surface area (Å²) in [7, 11) is -3.06. The summed E-state index contributed by atoms with van der Waals surface area (Å²) >= 11 is 0. The Morgan fingerprint density at radius 3 is 2.54 bits per heavy atom. The van der Waals surface area contributed by atoms with Gasteiger partial charge in [-0.05, 0) is 32.6 Å². The van der Waals surface area contributed by atoms with E-state index in [0.29, 0.717) is 13.0 Å². The van der Waals surface area contributed by atoms with Crippen molar-refractivity contribution in [2.45, 2.75) is 39.2 Å². The summed E-state index contributed by atoms with van der Waals surface area (Å²) < 4.78 is 25.0. The standard InChI is InChI=1S/C19H27N5O3S/c1-13-9-18(24-17(20-13)8-14(2)21-24)22-6-4-16(5-7-22)23-11-15(10-19(23)25)12-28(3,26)27/h8-9,15-16H,4-7,10-12H2,1-3H3. The fourth-order valence-electron chi connectivity index (χ4n) is 4.53. The van der Waals surface area contributed by atoms with Gasteiger partial charge in [0.1, 0.15) is 15.7 Å². The lowest BCUT2D eigenvalue weighted by Crippen LogP contribution is -2.46. The van der Waals surface area contributed by atoms with Crippen molar-refractivity contribution in [3.05, 3.63) is 23.5 Å². The molecule has 1 atom stereocenters. The first kappa shape index (κ1) is 19.2. The molecule has 9 heteroatoms. The van der Waals surface area contributed by atoms with E-state index >= 15 is 0 Å². The molecule has 0 aliphatic carbocycles. The van der Waals surface area contributed by atoms with Crippen LogP contribution in [0, 0.1) is 19.8 Å². The van der Waals surface area contributed by atoms with E-state index < -0.39 is 9.84 Å². The number of carbonyl (C=O) groups excluding carboxylic acids is 1. The number of aromatic nitrogens is 3. The molecule has 1 unspecified atom stereocenters. The number of nitrogens with zero attached hydrogens (tertiary/aromatic N) is 5. The molecule has 2 aliphatic heterocycles. The maximum atomic E-state index is 12.4. The minimum Gasteiger partial charge on any atom is -0.356 e. The number of sulfone groups is 1. The minimum atomic E-state index is -3.06. The van der Waals surface area contributed by atoms with Gasteiger partial charge in [-0.2, -0.15) is 9.61 Å². The van der Waals surface area contributed by atoms with Gasteiger partial charge in [-0.3, -0.25) is 4.79 Å². The smallest absolute Gasteiger partial charge is 0.223 e.